The lowest BCUT2D eigenvalue weighted by Gasteiger charge is -2.29. The molecular weight excluding hydrogens is 489 g/mol. The van der Waals surface area contributed by atoms with Gasteiger partial charge in [-0.15, -0.1) is 0 Å². The zero-order chi connectivity index (χ0) is 27.2. The van der Waals surface area contributed by atoms with Crippen LogP contribution in [0.5, 0.6) is 5.75 Å². The van der Waals surface area contributed by atoms with Crippen LogP contribution in [0.3, 0.4) is 0 Å². The molecule has 0 amide bonds. The minimum absolute atomic E-state index is 0.0128. The fraction of sp³-hybridized carbons (Fsp3) is 0.625. The monoisotopic (exact) mass is 534 g/mol. The van der Waals surface area contributed by atoms with Gasteiger partial charge >= 0.3 is 0 Å². The molecule has 0 spiro atoms. The van der Waals surface area contributed by atoms with Gasteiger partial charge in [-0.3, -0.25) is 0 Å². The van der Waals surface area contributed by atoms with E-state index in [0.717, 1.165) is 31.2 Å². The van der Waals surface area contributed by atoms with Crippen molar-refractivity contribution in [2.75, 3.05) is 19.8 Å². The molecule has 6 heteroatoms. The average molecular weight is 535 g/mol. The van der Waals surface area contributed by atoms with Crippen molar-refractivity contribution >= 4 is 0 Å². The van der Waals surface area contributed by atoms with Crippen molar-refractivity contribution in [3.63, 3.8) is 0 Å². The molecule has 2 aromatic carbocycles. The number of ether oxygens (including phenoxy) is 3. The second-order valence-corrected chi connectivity index (χ2v) is 10.5. The van der Waals surface area contributed by atoms with E-state index >= 15 is 0 Å². The molecule has 1 heterocycles. The van der Waals surface area contributed by atoms with Gasteiger partial charge in [-0.1, -0.05) is 95.9 Å². The van der Waals surface area contributed by atoms with E-state index in [4.69, 9.17) is 14.2 Å². The quantitative estimate of drug-likeness (QED) is 0.189. The molecule has 0 radical (unpaired) electrons. The molecule has 1 aliphatic rings. The maximum absolute atomic E-state index is 14.8. The summed E-state index contributed by atoms with van der Waals surface area (Å²) >= 11 is 0. The minimum Gasteiger partial charge on any atom is -0.490 e. The topological polar surface area (TPSA) is 27.7 Å². The Bertz CT molecular complexity index is 926. The molecule has 1 fully saturated rings. The highest BCUT2D eigenvalue weighted by Gasteiger charge is 2.24. The van der Waals surface area contributed by atoms with Gasteiger partial charge in [0.1, 0.15) is 6.17 Å². The van der Waals surface area contributed by atoms with Crippen LogP contribution in [0, 0.1) is 17.6 Å². The molecule has 1 aliphatic heterocycles. The lowest BCUT2D eigenvalue weighted by Crippen LogP contribution is -2.27. The predicted octanol–water partition coefficient (Wildman–Crippen LogP) is 9.73. The minimum atomic E-state index is -1.05. The first kappa shape index (κ1) is 30.5. The summed E-state index contributed by atoms with van der Waals surface area (Å²) < 4.78 is 60.7. The number of rotatable bonds is 17. The first-order valence-electron chi connectivity index (χ1n) is 14.6. The predicted molar refractivity (Wildman–Crippen MR) is 147 cm³/mol. The van der Waals surface area contributed by atoms with Crippen molar-refractivity contribution in [3.05, 3.63) is 53.6 Å². The van der Waals surface area contributed by atoms with Gasteiger partial charge in [0.05, 0.1) is 19.8 Å². The molecule has 1 saturated heterocycles. The molecule has 3 nitrogen and oxygen atoms in total. The van der Waals surface area contributed by atoms with Gasteiger partial charge < -0.3 is 14.2 Å². The maximum Gasteiger partial charge on any atom is 0.201 e. The molecule has 1 unspecified atom stereocenters. The van der Waals surface area contributed by atoms with Crippen molar-refractivity contribution in [3.8, 4) is 16.9 Å². The molecular formula is C32H45F3O3. The van der Waals surface area contributed by atoms with Crippen LogP contribution in [0.15, 0.2) is 36.4 Å². The van der Waals surface area contributed by atoms with Crippen molar-refractivity contribution in [1.29, 1.82) is 0 Å². The SMILES string of the molecule is CCCCCCCCC1COC(c2ccc(-c3ccc(OCCC(F)CCCCC)c(F)c3F)cc2)OC1. The number of benzene rings is 2. The van der Waals surface area contributed by atoms with Gasteiger partial charge in [-0.25, -0.2) is 8.78 Å². The lowest BCUT2D eigenvalue weighted by atomic mass is 10.00. The molecule has 2 aromatic rings. The van der Waals surface area contributed by atoms with E-state index in [2.05, 4.69) is 13.8 Å². The maximum atomic E-state index is 14.8. The van der Waals surface area contributed by atoms with Crippen LogP contribution < -0.4 is 4.74 Å². The number of hydrogen-bond donors (Lipinski definition) is 0. The highest BCUT2D eigenvalue weighted by atomic mass is 19.2. The molecule has 0 aliphatic carbocycles. The molecule has 3 rings (SSSR count). The van der Waals surface area contributed by atoms with E-state index in [9.17, 15) is 13.2 Å². The van der Waals surface area contributed by atoms with Crippen LogP contribution >= 0.6 is 0 Å². The van der Waals surface area contributed by atoms with Crippen LogP contribution in [0.4, 0.5) is 13.2 Å². The number of hydrogen-bond acceptors (Lipinski definition) is 3. The van der Waals surface area contributed by atoms with Gasteiger partial charge in [-0.2, -0.15) is 4.39 Å². The molecule has 212 valence electrons. The first-order valence-corrected chi connectivity index (χ1v) is 14.6. The summed E-state index contributed by atoms with van der Waals surface area (Å²) in [6.45, 7) is 5.65. The van der Waals surface area contributed by atoms with Gasteiger partial charge in [-0.05, 0) is 30.5 Å². The third-order valence-corrected chi connectivity index (χ3v) is 7.28. The number of unbranched alkanes of at least 4 members (excludes halogenated alkanes) is 7. The van der Waals surface area contributed by atoms with Gasteiger partial charge in [0, 0.05) is 23.5 Å². The highest BCUT2D eigenvalue weighted by molar-refractivity contribution is 5.65. The molecule has 1 atom stereocenters. The number of halogens is 3. The Morgan fingerprint density at radius 1 is 0.789 bits per heavy atom. The van der Waals surface area contributed by atoms with E-state index in [1.165, 1.54) is 50.7 Å². The number of alkyl halides is 1. The summed E-state index contributed by atoms with van der Waals surface area (Å²) in [6, 6.07) is 10.0. The van der Waals surface area contributed by atoms with Crippen LogP contribution in [-0.2, 0) is 9.47 Å². The Hall–Kier alpha value is -2.05. The van der Waals surface area contributed by atoms with Gasteiger partial charge in [0.2, 0.25) is 5.82 Å². The van der Waals surface area contributed by atoms with E-state index < -0.39 is 24.1 Å². The van der Waals surface area contributed by atoms with E-state index in [-0.39, 0.29) is 24.3 Å². The van der Waals surface area contributed by atoms with Crippen LogP contribution in [0.1, 0.15) is 103 Å². The highest BCUT2D eigenvalue weighted by Crippen LogP contribution is 2.33. The second kappa shape index (κ2) is 16.8. The third kappa shape index (κ3) is 9.60. The Kier molecular flexibility index (Phi) is 13.5. The first-order chi connectivity index (χ1) is 18.5. The zero-order valence-corrected chi connectivity index (χ0v) is 23.2. The molecule has 0 N–H and O–H groups in total. The summed E-state index contributed by atoms with van der Waals surface area (Å²) in [5, 5.41) is 0. The fourth-order valence-corrected chi connectivity index (χ4v) is 4.86. The Morgan fingerprint density at radius 3 is 2.16 bits per heavy atom. The van der Waals surface area contributed by atoms with Crippen molar-refractivity contribution in [2.45, 2.75) is 103 Å². The Labute approximate surface area is 227 Å². The zero-order valence-electron chi connectivity index (χ0n) is 23.2. The van der Waals surface area contributed by atoms with E-state index in [1.807, 2.05) is 12.1 Å². The Morgan fingerprint density at radius 2 is 1.45 bits per heavy atom. The summed E-state index contributed by atoms with van der Waals surface area (Å²) in [5.41, 5.74) is 1.55. The summed E-state index contributed by atoms with van der Waals surface area (Å²) in [5.74, 6) is -1.80. The van der Waals surface area contributed by atoms with Gasteiger partial charge in [0.25, 0.3) is 0 Å². The molecule has 38 heavy (non-hydrogen) atoms. The smallest absolute Gasteiger partial charge is 0.201 e. The molecule has 0 aromatic heterocycles. The van der Waals surface area contributed by atoms with Crippen LogP contribution in [-0.4, -0.2) is 26.0 Å². The van der Waals surface area contributed by atoms with Crippen LogP contribution in [0.2, 0.25) is 0 Å². The fourth-order valence-electron chi connectivity index (χ4n) is 4.86. The second-order valence-electron chi connectivity index (χ2n) is 10.5. The van der Waals surface area contributed by atoms with E-state index in [0.29, 0.717) is 31.1 Å². The lowest BCUT2D eigenvalue weighted by molar-refractivity contribution is -0.206. The normalized spacial score (nSPS) is 18.4. The standard InChI is InChI=1S/C32H45F3O3/c1-3-5-7-8-9-11-12-24-22-37-32(38-23-24)26-16-14-25(15-17-26)28-18-19-29(31(35)30(28)34)36-21-20-27(33)13-10-6-4-2/h14-19,24,27,32H,3-13,20-23H2,1-2H3. The summed E-state index contributed by atoms with van der Waals surface area (Å²) in [4.78, 5) is 0. The summed E-state index contributed by atoms with van der Waals surface area (Å²) in [6.07, 6.45) is 10.9. The van der Waals surface area contributed by atoms with Gasteiger partial charge in [0.15, 0.2) is 17.9 Å². The van der Waals surface area contributed by atoms with Crippen molar-refractivity contribution in [2.24, 2.45) is 5.92 Å². The summed E-state index contributed by atoms with van der Waals surface area (Å²) in [7, 11) is 0. The van der Waals surface area contributed by atoms with E-state index in [1.54, 1.807) is 12.1 Å². The van der Waals surface area contributed by atoms with Crippen LogP contribution in [0.25, 0.3) is 11.1 Å². The Balaban J connectivity index is 1.46. The van der Waals surface area contributed by atoms with Crippen molar-refractivity contribution in [1.82, 2.24) is 0 Å². The third-order valence-electron chi connectivity index (χ3n) is 7.28. The molecule has 0 saturated carbocycles. The average Bonchev–Trinajstić information content (AvgIpc) is 2.94. The largest absolute Gasteiger partial charge is 0.490 e. The van der Waals surface area contributed by atoms with Crippen molar-refractivity contribution < 1.29 is 27.4 Å². The molecule has 0 bridgehead atoms.